The number of nitrogens with zero attached hydrogens (tertiary/aromatic N) is 1. The Kier molecular flexibility index (Phi) is 5.53. The zero-order valence-electron chi connectivity index (χ0n) is 14.1. The number of carbonyl (C=O) groups excluding carboxylic acids is 1. The molecule has 2 heterocycles. The third-order valence-electron chi connectivity index (χ3n) is 4.54. The van der Waals surface area contributed by atoms with Gasteiger partial charge in [0.2, 0.25) is 6.29 Å². The molecule has 1 fully saturated rings. The molecule has 1 N–H and O–H groups in total. The molecular formula is C19H25NO4. The molecule has 2 aliphatic heterocycles. The highest BCUT2D eigenvalue weighted by atomic mass is 16.7. The van der Waals surface area contributed by atoms with Crippen LogP contribution < -0.4 is 0 Å². The summed E-state index contributed by atoms with van der Waals surface area (Å²) in [5.41, 5.74) is 1.14. The van der Waals surface area contributed by atoms with Crippen molar-refractivity contribution in [1.29, 1.82) is 0 Å². The number of rotatable bonds is 7. The maximum Gasteiger partial charge on any atom is 0.288 e. The van der Waals surface area contributed by atoms with E-state index in [2.05, 4.69) is 12.1 Å². The first-order valence-electron chi connectivity index (χ1n) is 8.69. The molecule has 3 atom stereocenters. The Bertz CT molecular complexity index is 582. The number of aliphatic hydroxyl groups excluding tert-OH is 1. The third kappa shape index (κ3) is 3.79. The highest BCUT2D eigenvalue weighted by Crippen LogP contribution is 2.39. The summed E-state index contributed by atoms with van der Waals surface area (Å²) in [6.07, 6.45) is 2.94. The van der Waals surface area contributed by atoms with Gasteiger partial charge in [0.25, 0.3) is 5.91 Å². The highest BCUT2D eigenvalue weighted by Gasteiger charge is 2.40. The van der Waals surface area contributed by atoms with E-state index >= 15 is 0 Å². The number of amides is 1. The lowest BCUT2D eigenvalue weighted by atomic mass is 9.80. The molecule has 0 saturated carbocycles. The van der Waals surface area contributed by atoms with Crippen LogP contribution in [0.2, 0.25) is 0 Å². The van der Waals surface area contributed by atoms with Crippen LogP contribution in [0, 0.1) is 5.92 Å². The zero-order chi connectivity index (χ0) is 16.9. The Hall–Kier alpha value is -1.85. The molecule has 0 unspecified atom stereocenters. The van der Waals surface area contributed by atoms with Crippen molar-refractivity contribution in [2.24, 2.45) is 5.92 Å². The largest absolute Gasteiger partial charge is 0.459 e. The quantitative estimate of drug-likeness (QED) is 0.779. The minimum atomic E-state index is -0.462. The van der Waals surface area contributed by atoms with E-state index in [0.717, 1.165) is 25.1 Å². The summed E-state index contributed by atoms with van der Waals surface area (Å²) in [5, 5.41) is 9.23. The monoisotopic (exact) mass is 331 g/mol. The number of benzene rings is 1. The molecule has 1 amide bonds. The number of carbonyl (C=O) groups is 1. The summed E-state index contributed by atoms with van der Waals surface area (Å²) in [6, 6.07) is 10.1. The Labute approximate surface area is 142 Å². The molecule has 0 radical (unpaired) electrons. The molecule has 1 saturated heterocycles. The normalized spacial score (nSPS) is 25.8. The van der Waals surface area contributed by atoms with Gasteiger partial charge in [-0.3, -0.25) is 4.79 Å². The molecule has 0 bridgehead atoms. The first-order chi connectivity index (χ1) is 11.7. The van der Waals surface area contributed by atoms with Gasteiger partial charge in [-0.25, -0.2) is 0 Å². The van der Waals surface area contributed by atoms with E-state index < -0.39 is 6.29 Å². The molecule has 3 rings (SSSR count). The van der Waals surface area contributed by atoms with E-state index in [4.69, 9.17) is 9.47 Å². The van der Waals surface area contributed by atoms with E-state index in [1.165, 1.54) is 0 Å². The molecule has 0 spiro atoms. The van der Waals surface area contributed by atoms with Crippen molar-refractivity contribution in [1.82, 2.24) is 4.90 Å². The summed E-state index contributed by atoms with van der Waals surface area (Å²) >= 11 is 0. The van der Waals surface area contributed by atoms with Gasteiger partial charge in [0.05, 0.1) is 0 Å². The summed E-state index contributed by atoms with van der Waals surface area (Å²) < 4.78 is 11.7. The predicted octanol–water partition coefficient (Wildman–Crippen LogP) is 2.28. The van der Waals surface area contributed by atoms with Gasteiger partial charge in [-0.1, -0.05) is 30.3 Å². The SMILES string of the molecule is CCO[C@H]1OC(C(=O)N2CC2)=C[C@@H](c2ccccc2)[C@@H]1CCCO. The van der Waals surface area contributed by atoms with Crippen molar-refractivity contribution < 1.29 is 19.4 Å². The lowest BCUT2D eigenvalue weighted by Crippen LogP contribution is -2.37. The molecule has 0 aliphatic carbocycles. The predicted molar refractivity (Wildman–Crippen MR) is 90.2 cm³/mol. The number of hydrogen-bond donors (Lipinski definition) is 1. The second-order valence-corrected chi connectivity index (χ2v) is 6.23. The Balaban J connectivity index is 1.92. The molecule has 5 heteroatoms. The van der Waals surface area contributed by atoms with Crippen LogP contribution in [0.3, 0.4) is 0 Å². The molecule has 5 nitrogen and oxygen atoms in total. The van der Waals surface area contributed by atoms with Crippen LogP contribution in [0.25, 0.3) is 0 Å². The first-order valence-corrected chi connectivity index (χ1v) is 8.69. The van der Waals surface area contributed by atoms with Crippen molar-refractivity contribution in [2.45, 2.75) is 32.0 Å². The lowest BCUT2D eigenvalue weighted by Gasteiger charge is -2.37. The van der Waals surface area contributed by atoms with Gasteiger partial charge in [0.15, 0.2) is 5.76 Å². The average Bonchev–Trinajstić information content (AvgIpc) is 3.45. The van der Waals surface area contributed by atoms with Gasteiger partial charge < -0.3 is 19.5 Å². The van der Waals surface area contributed by atoms with Gasteiger partial charge in [0.1, 0.15) is 0 Å². The number of allylic oxidation sites excluding steroid dienone is 1. The Morgan fingerprint density at radius 1 is 1.33 bits per heavy atom. The summed E-state index contributed by atoms with van der Waals surface area (Å²) in [5.74, 6) is 0.452. The van der Waals surface area contributed by atoms with Crippen LogP contribution >= 0.6 is 0 Å². The number of ether oxygens (including phenoxy) is 2. The molecular weight excluding hydrogens is 306 g/mol. The van der Waals surface area contributed by atoms with Crippen LogP contribution in [0.5, 0.6) is 0 Å². The van der Waals surface area contributed by atoms with E-state index in [1.54, 1.807) is 4.90 Å². The average molecular weight is 331 g/mol. The second kappa shape index (κ2) is 7.81. The lowest BCUT2D eigenvalue weighted by molar-refractivity contribution is -0.168. The van der Waals surface area contributed by atoms with Gasteiger partial charge in [-0.05, 0) is 31.4 Å². The number of hydrogen-bond acceptors (Lipinski definition) is 4. The zero-order valence-corrected chi connectivity index (χ0v) is 14.1. The first kappa shape index (κ1) is 17.0. The summed E-state index contributed by atoms with van der Waals surface area (Å²) in [6.45, 7) is 4.17. The van der Waals surface area contributed by atoms with Crippen LogP contribution in [-0.4, -0.2) is 48.5 Å². The van der Waals surface area contributed by atoms with E-state index in [-0.39, 0.29) is 24.3 Å². The Morgan fingerprint density at radius 3 is 2.71 bits per heavy atom. The minimum Gasteiger partial charge on any atom is -0.459 e. The van der Waals surface area contributed by atoms with Gasteiger partial charge in [0, 0.05) is 38.1 Å². The van der Waals surface area contributed by atoms with Gasteiger partial charge in [-0.15, -0.1) is 0 Å². The summed E-state index contributed by atoms with van der Waals surface area (Å²) in [7, 11) is 0. The number of aliphatic hydroxyl groups is 1. The standard InChI is InChI=1S/C19H25NO4/c1-2-23-19-15(9-6-12-21)16(14-7-4-3-5-8-14)13-17(24-19)18(22)20-10-11-20/h3-5,7-8,13,15-16,19,21H,2,6,9-12H2,1H3/t15-,16-,19-/m0/s1. The van der Waals surface area contributed by atoms with Crippen molar-refractivity contribution in [3.63, 3.8) is 0 Å². The Morgan fingerprint density at radius 2 is 2.08 bits per heavy atom. The third-order valence-corrected chi connectivity index (χ3v) is 4.54. The van der Waals surface area contributed by atoms with Crippen molar-refractivity contribution >= 4 is 5.91 Å². The van der Waals surface area contributed by atoms with Crippen molar-refractivity contribution in [2.75, 3.05) is 26.3 Å². The van der Waals surface area contributed by atoms with E-state index in [9.17, 15) is 9.90 Å². The summed E-state index contributed by atoms with van der Waals surface area (Å²) in [4.78, 5) is 14.2. The second-order valence-electron chi connectivity index (χ2n) is 6.23. The topological polar surface area (TPSA) is 58.8 Å². The fraction of sp³-hybridized carbons (Fsp3) is 0.526. The molecule has 0 aromatic heterocycles. The van der Waals surface area contributed by atoms with E-state index in [1.807, 2.05) is 31.2 Å². The maximum absolute atomic E-state index is 12.4. The minimum absolute atomic E-state index is 0.0435. The fourth-order valence-corrected chi connectivity index (χ4v) is 3.22. The molecule has 2 aliphatic rings. The van der Waals surface area contributed by atoms with Gasteiger partial charge in [-0.2, -0.15) is 0 Å². The molecule has 1 aromatic rings. The van der Waals surface area contributed by atoms with Crippen LogP contribution in [0.1, 0.15) is 31.2 Å². The van der Waals surface area contributed by atoms with Crippen molar-refractivity contribution in [3.8, 4) is 0 Å². The maximum atomic E-state index is 12.4. The fourth-order valence-electron chi connectivity index (χ4n) is 3.22. The van der Waals surface area contributed by atoms with E-state index in [0.29, 0.717) is 18.8 Å². The van der Waals surface area contributed by atoms with Crippen LogP contribution in [0.4, 0.5) is 0 Å². The van der Waals surface area contributed by atoms with Crippen LogP contribution in [0.15, 0.2) is 42.2 Å². The smallest absolute Gasteiger partial charge is 0.288 e. The van der Waals surface area contributed by atoms with Crippen molar-refractivity contribution in [3.05, 3.63) is 47.7 Å². The molecule has 24 heavy (non-hydrogen) atoms. The van der Waals surface area contributed by atoms with Crippen LogP contribution in [-0.2, 0) is 14.3 Å². The molecule has 1 aromatic carbocycles. The van der Waals surface area contributed by atoms with Gasteiger partial charge >= 0.3 is 0 Å². The molecule has 130 valence electrons. The highest BCUT2D eigenvalue weighted by molar-refractivity contribution is 5.93.